The van der Waals surface area contributed by atoms with Crippen molar-refractivity contribution in [3.05, 3.63) is 67.3 Å². The van der Waals surface area contributed by atoms with Gasteiger partial charge in [-0.2, -0.15) is 0 Å². The van der Waals surface area contributed by atoms with Gasteiger partial charge in [0.1, 0.15) is 0 Å². The highest BCUT2D eigenvalue weighted by atomic mass is 16.2. The largest absolute Gasteiger partial charge is 0.330 e. The van der Waals surface area contributed by atoms with Crippen molar-refractivity contribution in [2.45, 2.75) is 6.92 Å². The van der Waals surface area contributed by atoms with Gasteiger partial charge < -0.3 is 0 Å². The Morgan fingerprint density at radius 2 is 1.12 bits per heavy atom. The van der Waals surface area contributed by atoms with E-state index < -0.39 is 17.1 Å². The first-order valence-electron chi connectivity index (χ1n) is 4.52. The molecule has 0 saturated carbocycles. The molecule has 0 atom stereocenters. The first-order chi connectivity index (χ1) is 7.58. The summed E-state index contributed by atoms with van der Waals surface area (Å²) >= 11 is 0. The quantitative estimate of drug-likeness (QED) is 0.571. The van der Waals surface area contributed by atoms with Crippen molar-refractivity contribution in [3.8, 4) is 0 Å². The lowest BCUT2D eigenvalue weighted by Crippen LogP contribution is -2.34. The lowest BCUT2D eigenvalue weighted by molar-refractivity contribution is 0.888. The van der Waals surface area contributed by atoms with Crippen LogP contribution in [0.5, 0.6) is 0 Å². The maximum absolute atomic E-state index is 10.2. The average Bonchev–Trinajstić information content (AvgIpc) is 2.17. The van der Waals surface area contributed by atoms with Gasteiger partial charge in [-0.3, -0.25) is 15.0 Å². The zero-order valence-corrected chi connectivity index (χ0v) is 8.61. The number of aryl methyl sites for hydroxylation is 1. The van der Waals surface area contributed by atoms with Crippen LogP contribution in [0, 0.1) is 6.92 Å². The summed E-state index contributed by atoms with van der Waals surface area (Å²) in [6.45, 7) is 2.08. The van der Waals surface area contributed by atoms with Gasteiger partial charge in [-0.05, 0) is 6.92 Å². The minimum absolute atomic E-state index is 0.802. The van der Waals surface area contributed by atoms with Gasteiger partial charge >= 0.3 is 17.1 Å². The maximum Gasteiger partial charge on any atom is 0.330 e. The Labute approximate surface area is 90.0 Å². The minimum atomic E-state index is -0.802. The summed E-state index contributed by atoms with van der Waals surface area (Å²) in [4.78, 5) is 35.9. The Hall–Kier alpha value is -2.37. The molecule has 3 N–H and O–H groups in total. The fraction of sp³-hybridized carbons (Fsp3) is 0.100. The molecule has 0 amide bonds. The lowest BCUT2D eigenvalue weighted by atomic mass is 10.2. The number of aromatic amines is 3. The third kappa shape index (κ3) is 4.23. The van der Waals surface area contributed by atoms with Gasteiger partial charge in [0, 0.05) is 0 Å². The molecule has 0 spiro atoms. The van der Waals surface area contributed by atoms with Crippen molar-refractivity contribution in [1.29, 1.82) is 0 Å². The first-order valence-corrected chi connectivity index (χ1v) is 4.52. The summed E-state index contributed by atoms with van der Waals surface area (Å²) in [5.74, 6) is 0. The van der Waals surface area contributed by atoms with Crippen LogP contribution in [0.2, 0.25) is 0 Å². The topological polar surface area (TPSA) is 98.6 Å². The molecule has 1 heterocycles. The molecule has 84 valence electrons. The van der Waals surface area contributed by atoms with Gasteiger partial charge in [-0.25, -0.2) is 14.4 Å². The van der Waals surface area contributed by atoms with E-state index in [2.05, 4.69) is 19.1 Å². The number of hydrogen-bond acceptors (Lipinski definition) is 3. The van der Waals surface area contributed by atoms with Crippen molar-refractivity contribution >= 4 is 0 Å². The Morgan fingerprint density at radius 1 is 0.750 bits per heavy atom. The molecule has 0 radical (unpaired) electrons. The number of H-pyrrole nitrogens is 3. The highest BCUT2D eigenvalue weighted by Crippen LogP contribution is 1.92. The standard InChI is InChI=1S/C7H8.C3H3N3O3/c1-7-5-3-2-4-6-7;7-1-4-2(8)6-3(9)5-1/h2-6H,1H3;(H3,4,5,6,7,8,9). The van der Waals surface area contributed by atoms with Crippen molar-refractivity contribution < 1.29 is 0 Å². The molecule has 0 saturated heterocycles. The van der Waals surface area contributed by atoms with E-state index >= 15 is 0 Å². The number of benzene rings is 1. The zero-order valence-electron chi connectivity index (χ0n) is 8.61. The molecular formula is C10H11N3O3. The third-order valence-electron chi connectivity index (χ3n) is 1.62. The van der Waals surface area contributed by atoms with Gasteiger partial charge in [0.05, 0.1) is 0 Å². The zero-order chi connectivity index (χ0) is 12.0. The third-order valence-corrected chi connectivity index (χ3v) is 1.62. The second-order valence-corrected chi connectivity index (χ2v) is 3.02. The summed E-state index contributed by atoms with van der Waals surface area (Å²) in [6.07, 6.45) is 0. The van der Waals surface area contributed by atoms with Gasteiger partial charge in [-0.1, -0.05) is 35.9 Å². The predicted molar refractivity (Wildman–Crippen MR) is 59.5 cm³/mol. The van der Waals surface area contributed by atoms with Gasteiger partial charge in [-0.15, -0.1) is 0 Å². The molecular weight excluding hydrogens is 210 g/mol. The van der Waals surface area contributed by atoms with Crippen LogP contribution in [0.1, 0.15) is 5.56 Å². The molecule has 1 aromatic heterocycles. The Kier molecular flexibility index (Phi) is 4.02. The molecule has 6 nitrogen and oxygen atoms in total. The van der Waals surface area contributed by atoms with Crippen LogP contribution in [0.4, 0.5) is 0 Å². The molecule has 0 bridgehead atoms. The SMILES string of the molecule is Cc1ccccc1.O=c1[nH]c(=O)[nH]c(=O)[nH]1. The summed E-state index contributed by atoms with van der Waals surface area (Å²) in [6, 6.07) is 10.3. The van der Waals surface area contributed by atoms with E-state index in [9.17, 15) is 14.4 Å². The van der Waals surface area contributed by atoms with Crippen LogP contribution in [0.25, 0.3) is 0 Å². The number of hydrogen-bond donors (Lipinski definition) is 3. The van der Waals surface area contributed by atoms with Crippen LogP contribution >= 0.6 is 0 Å². The second kappa shape index (κ2) is 5.50. The van der Waals surface area contributed by atoms with Crippen LogP contribution in [0.3, 0.4) is 0 Å². The molecule has 0 fully saturated rings. The average molecular weight is 221 g/mol. The van der Waals surface area contributed by atoms with E-state index in [-0.39, 0.29) is 0 Å². The predicted octanol–water partition coefficient (Wildman–Crippen LogP) is -0.253. The molecule has 0 aliphatic rings. The van der Waals surface area contributed by atoms with E-state index in [1.165, 1.54) is 5.56 Å². The highest BCUT2D eigenvalue weighted by Gasteiger charge is 1.85. The smallest absolute Gasteiger partial charge is 0.259 e. The summed E-state index contributed by atoms with van der Waals surface area (Å²) < 4.78 is 0. The monoisotopic (exact) mass is 221 g/mol. The highest BCUT2D eigenvalue weighted by molar-refractivity contribution is 5.11. The van der Waals surface area contributed by atoms with Crippen LogP contribution in [-0.4, -0.2) is 15.0 Å². The van der Waals surface area contributed by atoms with Crippen molar-refractivity contribution in [2.75, 3.05) is 0 Å². The van der Waals surface area contributed by atoms with E-state index in [1.54, 1.807) is 15.0 Å². The van der Waals surface area contributed by atoms with E-state index in [4.69, 9.17) is 0 Å². The van der Waals surface area contributed by atoms with Crippen molar-refractivity contribution in [1.82, 2.24) is 15.0 Å². The second-order valence-electron chi connectivity index (χ2n) is 3.02. The molecule has 2 rings (SSSR count). The van der Waals surface area contributed by atoms with Crippen LogP contribution < -0.4 is 17.1 Å². The first kappa shape index (κ1) is 11.7. The van der Waals surface area contributed by atoms with Crippen LogP contribution in [0.15, 0.2) is 44.7 Å². The molecule has 16 heavy (non-hydrogen) atoms. The number of rotatable bonds is 0. The van der Waals surface area contributed by atoms with Crippen molar-refractivity contribution in [2.24, 2.45) is 0 Å². The number of aromatic nitrogens is 3. The molecule has 0 unspecified atom stereocenters. The van der Waals surface area contributed by atoms with E-state index in [1.807, 2.05) is 18.2 Å². The summed E-state index contributed by atoms with van der Waals surface area (Å²) in [5, 5.41) is 0. The van der Waals surface area contributed by atoms with E-state index in [0.29, 0.717) is 0 Å². The van der Waals surface area contributed by atoms with Gasteiger partial charge in [0.2, 0.25) is 0 Å². The van der Waals surface area contributed by atoms with Gasteiger partial charge in [0.15, 0.2) is 0 Å². The van der Waals surface area contributed by atoms with Crippen LogP contribution in [-0.2, 0) is 0 Å². The fourth-order valence-electron chi connectivity index (χ4n) is 0.937. The summed E-state index contributed by atoms with van der Waals surface area (Å²) in [5.41, 5.74) is -1.08. The molecule has 0 aliphatic carbocycles. The summed E-state index contributed by atoms with van der Waals surface area (Å²) in [7, 11) is 0. The van der Waals surface area contributed by atoms with Crippen molar-refractivity contribution in [3.63, 3.8) is 0 Å². The lowest BCUT2D eigenvalue weighted by Gasteiger charge is -1.82. The van der Waals surface area contributed by atoms with Gasteiger partial charge in [0.25, 0.3) is 0 Å². The van der Waals surface area contributed by atoms with E-state index in [0.717, 1.165) is 0 Å². The molecule has 0 aliphatic heterocycles. The molecule has 6 heteroatoms. The normalized spacial score (nSPS) is 9.06. The Morgan fingerprint density at radius 3 is 1.38 bits per heavy atom. The maximum atomic E-state index is 10.2. The Bertz CT molecular complexity index is 516. The Balaban J connectivity index is 0.000000165. The minimum Gasteiger partial charge on any atom is -0.259 e. The number of nitrogens with one attached hydrogen (secondary N) is 3. The molecule has 2 aromatic rings. The molecule has 1 aromatic carbocycles. The fourth-order valence-corrected chi connectivity index (χ4v) is 0.937.